The summed E-state index contributed by atoms with van der Waals surface area (Å²) in [6, 6.07) is 0. The second kappa shape index (κ2) is 65.3. The molecule has 1 atom stereocenters. The Morgan fingerprint density at radius 1 is 0.266 bits per heavy atom. The molecule has 0 saturated carbocycles. The Balaban J connectivity index is 4.38. The lowest BCUT2D eigenvalue weighted by Crippen LogP contribution is -2.30. The van der Waals surface area contributed by atoms with Gasteiger partial charge in [0.1, 0.15) is 13.2 Å². The molecule has 0 N–H and O–H groups in total. The number of hydrogen-bond acceptors (Lipinski definition) is 6. The van der Waals surface area contributed by atoms with Gasteiger partial charge < -0.3 is 14.2 Å². The number of carbonyl (C=O) groups excluding carboxylic acids is 3. The fourth-order valence-corrected chi connectivity index (χ4v) is 8.06. The third-order valence-electron chi connectivity index (χ3n) is 12.7. The Labute approximate surface area is 485 Å². The highest BCUT2D eigenvalue weighted by molar-refractivity contribution is 5.71. The molecule has 0 heterocycles. The quantitative estimate of drug-likeness (QED) is 0.0261. The average Bonchev–Trinajstić information content (AvgIpc) is 3.45. The highest BCUT2D eigenvalue weighted by atomic mass is 16.6. The first-order valence-electron chi connectivity index (χ1n) is 31.6. The molecule has 0 spiro atoms. The summed E-state index contributed by atoms with van der Waals surface area (Å²) in [7, 11) is 0. The van der Waals surface area contributed by atoms with Crippen LogP contribution in [-0.2, 0) is 28.6 Å². The van der Waals surface area contributed by atoms with Crippen molar-refractivity contribution in [2.75, 3.05) is 13.2 Å². The number of hydrogen-bond donors (Lipinski definition) is 0. The minimum atomic E-state index is -0.821. The fraction of sp³-hybridized carbons (Fsp3) is 0.575. The van der Waals surface area contributed by atoms with E-state index in [1.165, 1.54) is 64.2 Å². The second-order valence-electron chi connectivity index (χ2n) is 20.2. The lowest BCUT2D eigenvalue weighted by atomic mass is 10.1. The average molecular weight is 1090 g/mol. The van der Waals surface area contributed by atoms with E-state index in [0.29, 0.717) is 19.3 Å². The lowest BCUT2D eigenvalue weighted by Gasteiger charge is -2.18. The first-order chi connectivity index (χ1) is 39.0. The standard InChI is InChI=1S/C73H114O6/c1-4-7-10-13-16-19-21-23-25-27-29-31-33-34-35-36-37-38-40-41-43-45-47-49-51-54-57-60-63-66-72(75)78-69-70(68-77-71(74)65-62-59-56-53-18-15-12-9-6-3)79-73(76)67-64-61-58-55-52-50-48-46-44-42-39-32-30-28-26-24-22-20-17-14-11-8-5-2/h7-8,10-11,16-17,19-20,23-26,29-32,34-35,37-38,41-44,48,50,55,58,70H,4-6,9,12-15,18,21-22,27-28,33,36,39-40,45-47,49,51-54,56-57,59-69H2,1-3H3/b10-7-,11-8-,19-16-,20-17-,25-23-,26-24-,31-29-,32-30-,35-34-,38-37-,43-41-,44-42-,50-48-,58-55-. The van der Waals surface area contributed by atoms with Crippen LogP contribution < -0.4 is 0 Å². The van der Waals surface area contributed by atoms with E-state index in [1.807, 2.05) is 0 Å². The van der Waals surface area contributed by atoms with E-state index in [-0.39, 0.29) is 37.5 Å². The van der Waals surface area contributed by atoms with Crippen LogP contribution in [-0.4, -0.2) is 37.2 Å². The van der Waals surface area contributed by atoms with Crippen LogP contribution in [0.2, 0.25) is 0 Å². The smallest absolute Gasteiger partial charge is 0.306 e. The van der Waals surface area contributed by atoms with Gasteiger partial charge in [0.2, 0.25) is 0 Å². The number of carbonyl (C=O) groups is 3. The maximum Gasteiger partial charge on any atom is 0.306 e. The van der Waals surface area contributed by atoms with Crippen molar-refractivity contribution in [2.24, 2.45) is 0 Å². The highest BCUT2D eigenvalue weighted by Gasteiger charge is 2.19. The zero-order valence-corrected chi connectivity index (χ0v) is 50.6. The van der Waals surface area contributed by atoms with Crippen molar-refractivity contribution in [1.29, 1.82) is 0 Å². The van der Waals surface area contributed by atoms with Gasteiger partial charge in [-0.3, -0.25) is 14.4 Å². The van der Waals surface area contributed by atoms with Gasteiger partial charge in [-0.2, -0.15) is 0 Å². The van der Waals surface area contributed by atoms with Gasteiger partial charge in [0, 0.05) is 19.3 Å². The molecule has 0 saturated heterocycles. The molecular weight excluding hydrogens is 973 g/mol. The third-order valence-corrected chi connectivity index (χ3v) is 12.7. The maximum atomic E-state index is 12.9. The predicted octanol–water partition coefficient (Wildman–Crippen LogP) is 21.9. The summed E-state index contributed by atoms with van der Waals surface area (Å²) in [6.07, 6.45) is 96.5. The molecule has 0 amide bonds. The van der Waals surface area contributed by atoms with E-state index in [2.05, 4.69) is 191 Å². The van der Waals surface area contributed by atoms with Crippen molar-refractivity contribution in [3.8, 4) is 0 Å². The van der Waals surface area contributed by atoms with Crippen molar-refractivity contribution < 1.29 is 28.6 Å². The SMILES string of the molecule is CC/C=C\C/C=C\C/C=C\C/C=C\C/C=C\C/C=C\C/C=C\CCCCCCCCCC(=O)OCC(COC(=O)CCCCCCCCCCC)OC(=O)CCC/C=C\C/C=C\C/C=C\C/C=C\C/C=C\C/C=C\C/C=C\CC. The molecule has 79 heavy (non-hydrogen) atoms. The van der Waals surface area contributed by atoms with E-state index < -0.39 is 6.10 Å². The van der Waals surface area contributed by atoms with Crippen LogP contribution in [0.1, 0.15) is 252 Å². The minimum Gasteiger partial charge on any atom is -0.462 e. The first kappa shape index (κ1) is 73.8. The normalized spacial score (nSPS) is 13.3. The molecule has 0 fully saturated rings. The van der Waals surface area contributed by atoms with Crippen molar-refractivity contribution in [3.63, 3.8) is 0 Å². The summed E-state index contributed by atoms with van der Waals surface area (Å²) in [4.78, 5) is 38.2. The predicted molar refractivity (Wildman–Crippen MR) is 343 cm³/mol. The Hall–Kier alpha value is -5.23. The molecule has 0 aromatic rings. The molecule has 0 rings (SSSR count). The molecule has 0 bridgehead atoms. The monoisotopic (exact) mass is 1090 g/mol. The van der Waals surface area contributed by atoms with Crippen molar-refractivity contribution in [2.45, 2.75) is 258 Å². The van der Waals surface area contributed by atoms with Crippen molar-refractivity contribution in [1.82, 2.24) is 0 Å². The molecule has 442 valence electrons. The van der Waals surface area contributed by atoms with Gasteiger partial charge in [0.15, 0.2) is 6.10 Å². The number of ether oxygens (including phenoxy) is 3. The summed E-state index contributed by atoms with van der Waals surface area (Å²) in [5, 5.41) is 0. The van der Waals surface area contributed by atoms with Gasteiger partial charge >= 0.3 is 17.9 Å². The van der Waals surface area contributed by atoms with Crippen LogP contribution >= 0.6 is 0 Å². The largest absolute Gasteiger partial charge is 0.462 e. The Bertz CT molecular complexity index is 1820. The second-order valence-corrected chi connectivity index (χ2v) is 20.2. The molecule has 0 aliphatic carbocycles. The Morgan fingerprint density at radius 2 is 0.506 bits per heavy atom. The van der Waals surface area contributed by atoms with E-state index >= 15 is 0 Å². The van der Waals surface area contributed by atoms with E-state index in [4.69, 9.17) is 14.2 Å². The zero-order valence-electron chi connectivity index (χ0n) is 50.6. The van der Waals surface area contributed by atoms with Gasteiger partial charge in [0.25, 0.3) is 0 Å². The van der Waals surface area contributed by atoms with Crippen LogP contribution in [0.4, 0.5) is 0 Å². The molecule has 1 unspecified atom stereocenters. The molecule has 0 aliphatic heterocycles. The maximum absolute atomic E-state index is 12.9. The van der Waals surface area contributed by atoms with E-state index in [1.54, 1.807) is 0 Å². The summed E-state index contributed by atoms with van der Waals surface area (Å²) in [6.45, 7) is 6.32. The molecule has 6 nitrogen and oxygen atoms in total. The van der Waals surface area contributed by atoms with Gasteiger partial charge in [-0.25, -0.2) is 0 Å². The number of allylic oxidation sites excluding steroid dienone is 28. The zero-order chi connectivity index (χ0) is 57.1. The highest BCUT2D eigenvalue weighted by Crippen LogP contribution is 2.14. The van der Waals surface area contributed by atoms with Gasteiger partial charge in [-0.15, -0.1) is 0 Å². The van der Waals surface area contributed by atoms with Crippen LogP contribution in [0.5, 0.6) is 0 Å². The van der Waals surface area contributed by atoms with Crippen LogP contribution in [0.25, 0.3) is 0 Å². The summed E-state index contributed by atoms with van der Waals surface area (Å²) < 4.78 is 16.8. The van der Waals surface area contributed by atoms with Gasteiger partial charge in [0.05, 0.1) is 0 Å². The molecule has 0 aliphatic rings. The van der Waals surface area contributed by atoms with Gasteiger partial charge in [-0.05, 0) is 128 Å². The third kappa shape index (κ3) is 63.5. The summed E-state index contributed by atoms with van der Waals surface area (Å²) >= 11 is 0. The molecule has 0 aromatic carbocycles. The number of unbranched alkanes of at least 4 members (excludes halogenated alkanes) is 16. The van der Waals surface area contributed by atoms with Crippen molar-refractivity contribution >= 4 is 17.9 Å². The van der Waals surface area contributed by atoms with Crippen molar-refractivity contribution in [3.05, 3.63) is 170 Å². The molecular formula is C73H114O6. The Morgan fingerprint density at radius 3 is 0.810 bits per heavy atom. The topological polar surface area (TPSA) is 78.9 Å². The molecule has 0 aromatic heterocycles. The van der Waals surface area contributed by atoms with Crippen LogP contribution in [0, 0.1) is 0 Å². The number of esters is 3. The van der Waals surface area contributed by atoms with Crippen LogP contribution in [0.15, 0.2) is 170 Å². The molecule has 0 radical (unpaired) electrons. The van der Waals surface area contributed by atoms with Gasteiger partial charge in [-0.1, -0.05) is 274 Å². The lowest BCUT2D eigenvalue weighted by molar-refractivity contribution is -0.167. The first-order valence-corrected chi connectivity index (χ1v) is 31.6. The fourth-order valence-electron chi connectivity index (χ4n) is 8.06. The Kier molecular flexibility index (Phi) is 61.0. The minimum absolute atomic E-state index is 0.111. The summed E-state index contributed by atoms with van der Waals surface area (Å²) in [5.41, 5.74) is 0. The number of rotatable bonds is 55. The summed E-state index contributed by atoms with van der Waals surface area (Å²) in [5.74, 6) is -0.992. The van der Waals surface area contributed by atoms with E-state index in [9.17, 15) is 14.4 Å². The van der Waals surface area contributed by atoms with Crippen LogP contribution in [0.3, 0.4) is 0 Å². The van der Waals surface area contributed by atoms with E-state index in [0.717, 1.165) is 141 Å². The molecule has 6 heteroatoms.